The number of nitrogens with one attached hydrogen (secondary N) is 2. The second kappa shape index (κ2) is 9.92. The van der Waals surface area contributed by atoms with Crippen LogP contribution < -0.4 is 14.3 Å². The second-order valence-electron chi connectivity index (χ2n) is 7.52. The van der Waals surface area contributed by atoms with Gasteiger partial charge in [-0.1, -0.05) is 0 Å². The SMILES string of the molecule is Cc1cc(C)nc(NS(=O)(=O)c2ccc(NC(=O)CN(c3ccc(F)c(F)c3)S(C)(=O)=O)cc2)n1. The van der Waals surface area contributed by atoms with Gasteiger partial charge in [0.1, 0.15) is 6.54 Å². The molecule has 0 unspecified atom stereocenters. The Balaban J connectivity index is 1.73. The molecule has 0 radical (unpaired) electrons. The molecular weight excluding hydrogens is 504 g/mol. The van der Waals surface area contributed by atoms with E-state index in [0.29, 0.717) is 21.8 Å². The van der Waals surface area contributed by atoms with Crippen molar-refractivity contribution >= 4 is 43.3 Å². The van der Waals surface area contributed by atoms with Crippen molar-refractivity contribution in [3.63, 3.8) is 0 Å². The molecule has 14 heteroatoms. The lowest BCUT2D eigenvalue weighted by Gasteiger charge is -2.22. The van der Waals surface area contributed by atoms with E-state index in [0.717, 1.165) is 18.4 Å². The van der Waals surface area contributed by atoms with Crippen LogP contribution in [0.5, 0.6) is 0 Å². The highest BCUT2D eigenvalue weighted by Gasteiger charge is 2.22. The number of hydrogen-bond acceptors (Lipinski definition) is 7. The summed E-state index contributed by atoms with van der Waals surface area (Å²) in [6, 6.07) is 9.18. The highest BCUT2D eigenvalue weighted by Crippen LogP contribution is 2.21. The van der Waals surface area contributed by atoms with Gasteiger partial charge in [0.25, 0.3) is 10.0 Å². The molecule has 0 saturated heterocycles. The summed E-state index contributed by atoms with van der Waals surface area (Å²) in [7, 11) is -8.03. The number of carbonyl (C=O) groups excluding carboxylic acids is 1. The van der Waals surface area contributed by atoms with E-state index in [1.165, 1.54) is 24.3 Å². The molecule has 0 aliphatic rings. The minimum atomic E-state index is -4.02. The Labute approximate surface area is 201 Å². The van der Waals surface area contributed by atoms with E-state index in [1.807, 2.05) is 0 Å². The fraction of sp³-hybridized carbons (Fsp3) is 0.190. The third-order valence-electron chi connectivity index (χ3n) is 4.54. The Morgan fingerprint density at radius 3 is 2.06 bits per heavy atom. The molecule has 0 spiro atoms. The first-order valence-corrected chi connectivity index (χ1v) is 13.3. The fourth-order valence-electron chi connectivity index (χ4n) is 3.04. The van der Waals surface area contributed by atoms with Crippen LogP contribution in [0.1, 0.15) is 11.4 Å². The molecule has 0 fully saturated rings. The summed E-state index contributed by atoms with van der Waals surface area (Å²) in [5.74, 6) is -3.32. The van der Waals surface area contributed by atoms with Crippen molar-refractivity contribution < 1.29 is 30.4 Å². The van der Waals surface area contributed by atoms with Crippen molar-refractivity contribution in [2.75, 3.05) is 27.1 Å². The molecule has 2 aromatic carbocycles. The molecule has 35 heavy (non-hydrogen) atoms. The van der Waals surface area contributed by atoms with Crippen molar-refractivity contribution in [1.82, 2.24) is 9.97 Å². The van der Waals surface area contributed by atoms with Gasteiger partial charge in [0, 0.05) is 23.1 Å². The number of hydrogen-bond donors (Lipinski definition) is 2. The van der Waals surface area contributed by atoms with Crippen LogP contribution in [0, 0.1) is 25.5 Å². The maximum atomic E-state index is 13.6. The van der Waals surface area contributed by atoms with Crippen molar-refractivity contribution in [2.45, 2.75) is 18.7 Å². The molecular formula is C21H21F2N5O5S2. The Morgan fingerprint density at radius 2 is 1.51 bits per heavy atom. The zero-order chi connectivity index (χ0) is 26.0. The third kappa shape index (κ3) is 6.70. The van der Waals surface area contributed by atoms with Gasteiger partial charge in [0.2, 0.25) is 21.9 Å². The Kier molecular flexibility index (Phi) is 7.36. The molecule has 1 aromatic heterocycles. The van der Waals surface area contributed by atoms with Crippen LogP contribution in [-0.4, -0.2) is 45.5 Å². The maximum absolute atomic E-state index is 13.6. The standard InChI is InChI=1S/C21H21F2N5O5S2/c1-13-10-14(2)25-21(24-13)27-35(32,33)17-7-4-15(5-8-17)26-20(29)12-28(34(3,30)31)16-6-9-18(22)19(23)11-16/h4-11H,12H2,1-3H3,(H,26,29)(H,24,25,27). The predicted octanol–water partition coefficient (Wildman–Crippen LogP) is 2.58. The highest BCUT2D eigenvalue weighted by atomic mass is 32.2. The van der Waals surface area contributed by atoms with Gasteiger partial charge >= 0.3 is 0 Å². The van der Waals surface area contributed by atoms with E-state index < -0.39 is 44.1 Å². The van der Waals surface area contributed by atoms with E-state index in [4.69, 9.17) is 0 Å². The van der Waals surface area contributed by atoms with E-state index in [1.54, 1.807) is 19.9 Å². The zero-order valence-electron chi connectivity index (χ0n) is 18.8. The van der Waals surface area contributed by atoms with Gasteiger partial charge in [-0.15, -0.1) is 0 Å². The van der Waals surface area contributed by atoms with Gasteiger partial charge in [-0.25, -0.2) is 40.3 Å². The minimum absolute atomic E-state index is 0.0852. The lowest BCUT2D eigenvalue weighted by molar-refractivity contribution is -0.114. The number of anilines is 3. The van der Waals surface area contributed by atoms with Gasteiger partial charge in [-0.3, -0.25) is 9.10 Å². The van der Waals surface area contributed by atoms with Crippen LogP contribution in [0.4, 0.5) is 26.1 Å². The minimum Gasteiger partial charge on any atom is -0.325 e. The number of halogens is 2. The van der Waals surface area contributed by atoms with Crippen molar-refractivity contribution in [1.29, 1.82) is 0 Å². The lowest BCUT2D eigenvalue weighted by Crippen LogP contribution is -2.37. The molecule has 0 bridgehead atoms. The average molecular weight is 526 g/mol. The Bertz CT molecular complexity index is 1460. The Hall–Kier alpha value is -3.65. The number of carbonyl (C=O) groups is 1. The predicted molar refractivity (Wildman–Crippen MR) is 126 cm³/mol. The molecule has 0 aliphatic carbocycles. The summed E-state index contributed by atoms with van der Waals surface area (Å²) in [6.45, 7) is 2.67. The Morgan fingerprint density at radius 1 is 0.914 bits per heavy atom. The summed E-state index contributed by atoms with van der Waals surface area (Å²) in [5.41, 5.74) is 1.11. The van der Waals surface area contributed by atoms with E-state index >= 15 is 0 Å². The second-order valence-corrected chi connectivity index (χ2v) is 11.1. The van der Waals surface area contributed by atoms with Crippen molar-refractivity contribution in [3.05, 3.63) is 71.6 Å². The molecule has 0 atom stereocenters. The van der Waals surface area contributed by atoms with Gasteiger partial charge < -0.3 is 5.32 Å². The fourth-order valence-corrected chi connectivity index (χ4v) is 4.83. The third-order valence-corrected chi connectivity index (χ3v) is 7.02. The van der Waals surface area contributed by atoms with E-state index in [-0.39, 0.29) is 22.2 Å². The number of aromatic nitrogens is 2. The number of amides is 1. The van der Waals surface area contributed by atoms with Crippen LogP contribution in [0.2, 0.25) is 0 Å². The summed E-state index contributed by atoms with van der Waals surface area (Å²) < 4.78 is 79.1. The van der Waals surface area contributed by atoms with Gasteiger partial charge in [0.05, 0.1) is 16.8 Å². The van der Waals surface area contributed by atoms with Crippen molar-refractivity contribution in [2.24, 2.45) is 0 Å². The van der Waals surface area contributed by atoms with Gasteiger partial charge in [-0.05, 0) is 56.3 Å². The smallest absolute Gasteiger partial charge is 0.264 e. The topological polar surface area (TPSA) is 138 Å². The molecule has 10 nitrogen and oxygen atoms in total. The first kappa shape index (κ1) is 26.0. The first-order valence-electron chi connectivity index (χ1n) is 9.92. The molecule has 0 aliphatic heterocycles. The molecule has 186 valence electrons. The van der Waals surface area contributed by atoms with Crippen LogP contribution in [0.15, 0.2) is 53.4 Å². The molecule has 3 rings (SSSR count). The van der Waals surface area contributed by atoms with Crippen LogP contribution in [0.3, 0.4) is 0 Å². The summed E-state index contributed by atoms with van der Waals surface area (Å²) in [6.07, 6.45) is 0.813. The van der Waals surface area contributed by atoms with Crippen LogP contribution in [-0.2, 0) is 24.8 Å². The quantitative estimate of drug-likeness (QED) is 0.461. The van der Waals surface area contributed by atoms with Gasteiger partial charge in [-0.2, -0.15) is 0 Å². The monoisotopic (exact) mass is 525 g/mol. The number of benzene rings is 2. The molecule has 3 aromatic rings. The largest absolute Gasteiger partial charge is 0.325 e. The molecule has 1 amide bonds. The number of rotatable bonds is 8. The van der Waals surface area contributed by atoms with Crippen LogP contribution in [0.25, 0.3) is 0 Å². The highest BCUT2D eigenvalue weighted by molar-refractivity contribution is 7.92. The number of aryl methyl sites for hydroxylation is 2. The zero-order valence-corrected chi connectivity index (χ0v) is 20.4. The van der Waals surface area contributed by atoms with E-state index in [2.05, 4.69) is 20.0 Å². The van der Waals surface area contributed by atoms with E-state index in [9.17, 15) is 30.4 Å². The summed E-state index contributed by atoms with van der Waals surface area (Å²) in [5, 5.41) is 2.43. The maximum Gasteiger partial charge on any atom is 0.264 e. The van der Waals surface area contributed by atoms with Crippen LogP contribution >= 0.6 is 0 Å². The van der Waals surface area contributed by atoms with Crippen molar-refractivity contribution in [3.8, 4) is 0 Å². The lowest BCUT2D eigenvalue weighted by atomic mass is 10.3. The summed E-state index contributed by atoms with van der Waals surface area (Å²) >= 11 is 0. The summed E-state index contributed by atoms with van der Waals surface area (Å²) in [4.78, 5) is 20.4. The first-order chi connectivity index (χ1) is 16.2. The number of nitrogens with zero attached hydrogens (tertiary/aromatic N) is 3. The number of sulfonamides is 2. The average Bonchev–Trinajstić information content (AvgIpc) is 2.72. The normalized spacial score (nSPS) is 11.7. The molecule has 0 saturated carbocycles. The molecule has 1 heterocycles. The molecule has 2 N–H and O–H groups in total. The van der Waals surface area contributed by atoms with Gasteiger partial charge in [0.15, 0.2) is 11.6 Å².